The second-order valence-electron chi connectivity index (χ2n) is 5.28. The SMILES string of the molecule is CC[C@H](C)[C@H](NS(=O)(=O)c1ccc2oc(=O)ccc2c1)C(=O)O. The Morgan fingerprint density at radius 2 is 2.00 bits per heavy atom. The van der Waals surface area contributed by atoms with Crippen molar-refractivity contribution in [3.8, 4) is 0 Å². The molecule has 0 aliphatic rings. The lowest BCUT2D eigenvalue weighted by molar-refractivity contribution is -0.140. The number of sulfonamides is 1. The molecule has 0 fully saturated rings. The number of carbonyl (C=O) groups is 1. The minimum atomic E-state index is -4.01. The molecule has 0 amide bonds. The minimum Gasteiger partial charge on any atom is -0.480 e. The summed E-state index contributed by atoms with van der Waals surface area (Å²) in [7, 11) is -4.01. The maximum Gasteiger partial charge on any atom is 0.336 e. The molecule has 2 N–H and O–H groups in total. The van der Waals surface area contributed by atoms with Crippen LogP contribution in [0.4, 0.5) is 0 Å². The van der Waals surface area contributed by atoms with Crippen LogP contribution in [-0.2, 0) is 14.8 Å². The van der Waals surface area contributed by atoms with Crippen LogP contribution in [0.5, 0.6) is 0 Å². The summed E-state index contributed by atoms with van der Waals surface area (Å²) in [6, 6.07) is 5.38. The first kappa shape index (κ1) is 17.2. The van der Waals surface area contributed by atoms with Gasteiger partial charge in [0.2, 0.25) is 10.0 Å². The molecule has 8 heteroatoms. The molecule has 0 saturated carbocycles. The summed E-state index contributed by atoms with van der Waals surface area (Å²) in [6.45, 7) is 3.45. The van der Waals surface area contributed by atoms with Crippen LogP contribution in [0.15, 0.2) is 44.4 Å². The molecule has 0 unspecified atom stereocenters. The van der Waals surface area contributed by atoms with Crippen molar-refractivity contribution in [3.63, 3.8) is 0 Å². The second kappa shape index (κ2) is 6.51. The van der Waals surface area contributed by atoms with Crippen LogP contribution in [0.25, 0.3) is 11.0 Å². The zero-order chi connectivity index (χ0) is 17.2. The maximum absolute atomic E-state index is 12.4. The third-order valence-corrected chi connectivity index (χ3v) is 5.10. The summed E-state index contributed by atoms with van der Waals surface area (Å²) < 4.78 is 32.0. The van der Waals surface area contributed by atoms with Crippen molar-refractivity contribution in [2.75, 3.05) is 0 Å². The lowest BCUT2D eigenvalue weighted by atomic mass is 10.0. The number of fused-ring (bicyclic) bond motifs is 1. The number of benzene rings is 1. The molecule has 7 nitrogen and oxygen atoms in total. The van der Waals surface area contributed by atoms with Crippen LogP contribution >= 0.6 is 0 Å². The number of hydrogen-bond acceptors (Lipinski definition) is 5. The Bertz CT molecular complexity index is 886. The van der Waals surface area contributed by atoms with Gasteiger partial charge < -0.3 is 9.52 Å². The highest BCUT2D eigenvalue weighted by molar-refractivity contribution is 7.89. The average molecular weight is 339 g/mol. The van der Waals surface area contributed by atoms with Gasteiger partial charge in [-0.15, -0.1) is 0 Å². The summed E-state index contributed by atoms with van der Waals surface area (Å²) in [5.41, 5.74) is -0.276. The van der Waals surface area contributed by atoms with E-state index in [2.05, 4.69) is 4.72 Å². The monoisotopic (exact) mass is 339 g/mol. The molecular formula is C15H17NO6S. The van der Waals surface area contributed by atoms with Gasteiger partial charge in [-0.3, -0.25) is 4.79 Å². The van der Waals surface area contributed by atoms with Gasteiger partial charge in [0.15, 0.2) is 0 Å². The van der Waals surface area contributed by atoms with Gasteiger partial charge in [0.25, 0.3) is 0 Å². The van der Waals surface area contributed by atoms with Crippen LogP contribution in [0.1, 0.15) is 20.3 Å². The van der Waals surface area contributed by atoms with E-state index in [4.69, 9.17) is 4.42 Å². The Hall–Kier alpha value is -2.19. The molecule has 1 aromatic heterocycles. The highest BCUT2D eigenvalue weighted by atomic mass is 32.2. The summed E-state index contributed by atoms with van der Waals surface area (Å²) in [5, 5.41) is 9.64. The van der Waals surface area contributed by atoms with Gasteiger partial charge in [0.1, 0.15) is 11.6 Å². The van der Waals surface area contributed by atoms with Crippen LogP contribution in [0.3, 0.4) is 0 Å². The molecule has 0 spiro atoms. The molecule has 2 aromatic rings. The highest BCUT2D eigenvalue weighted by Gasteiger charge is 2.29. The lowest BCUT2D eigenvalue weighted by Gasteiger charge is -2.20. The second-order valence-corrected chi connectivity index (χ2v) is 6.99. The fourth-order valence-electron chi connectivity index (χ4n) is 2.10. The highest BCUT2D eigenvalue weighted by Crippen LogP contribution is 2.19. The van der Waals surface area contributed by atoms with Gasteiger partial charge in [-0.1, -0.05) is 20.3 Å². The Balaban J connectivity index is 2.40. The molecular weight excluding hydrogens is 322 g/mol. The molecule has 0 saturated heterocycles. The van der Waals surface area contributed by atoms with E-state index in [0.717, 1.165) is 0 Å². The summed E-state index contributed by atoms with van der Waals surface area (Å²) in [6.07, 6.45) is 0.516. The molecule has 2 atom stereocenters. The van der Waals surface area contributed by atoms with Gasteiger partial charge in [0, 0.05) is 11.5 Å². The fourth-order valence-corrected chi connectivity index (χ4v) is 3.43. The van der Waals surface area contributed by atoms with E-state index >= 15 is 0 Å². The van der Waals surface area contributed by atoms with Crippen LogP contribution < -0.4 is 10.3 Å². The molecule has 0 radical (unpaired) electrons. The Labute approximate surface area is 133 Å². The summed E-state index contributed by atoms with van der Waals surface area (Å²) >= 11 is 0. The molecule has 1 aromatic carbocycles. The predicted molar refractivity (Wildman–Crippen MR) is 83.7 cm³/mol. The van der Waals surface area contributed by atoms with E-state index in [0.29, 0.717) is 11.8 Å². The Morgan fingerprint density at radius 3 is 2.61 bits per heavy atom. The zero-order valence-electron chi connectivity index (χ0n) is 12.6. The zero-order valence-corrected chi connectivity index (χ0v) is 13.5. The van der Waals surface area contributed by atoms with Crippen molar-refractivity contribution >= 4 is 27.0 Å². The van der Waals surface area contributed by atoms with Gasteiger partial charge >= 0.3 is 11.6 Å². The number of carboxylic acids is 1. The van der Waals surface area contributed by atoms with E-state index in [1.54, 1.807) is 13.8 Å². The number of nitrogens with one attached hydrogen (secondary N) is 1. The van der Waals surface area contributed by atoms with Crippen LogP contribution in [-0.4, -0.2) is 25.5 Å². The van der Waals surface area contributed by atoms with Crippen molar-refractivity contribution in [2.45, 2.75) is 31.2 Å². The molecule has 124 valence electrons. The average Bonchev–Trinajstić information content (AvgIpc) is 2.51. The number of hydrogen-bond donors (Lipinski definition) is 2. The maximum atomic E-state index is 12.4. The van der Waals surface area contributed by atoms with Gasteiger partial charge in [-0.2, -0.15) is 4.72 Å². The van der Waals surface area contributed by atoms with Gasteiger partial charge in [-0.05, 0) is 30.2 Å². The van der Waals surface area contributed by atoms with Crippen molar-refractivity contribution in [3.05, 3.63) is 40.8 Å². The van der Waals surface area contributed by atoms with Crippen molar-refractivity contribution in [2.24, 2.45) is 5.92 Å². The Morgan fingerprint density at radius 1 is 1.30 bits per heavy atom. The van der Waals surface area contributed by atoms with E-state index in [1.807, 2.05) is 0 Å². The summed E-state index contributed by atoms with van der Waals surface area (Å²) in [5.74, 6) is -1.59. The topological polar surface area (TPSA) is 114 Å². The molecule has 0 aliphatic heterocycles. The van der Waals surface area contributed by atoms with Crippen LogP contribution in [0.2, 0.25) is 0 Å². The fraction of sp³-hybridized carbons (Fsp3) is 0.333. The molecule has 2 rings (SSSR count). The molecule has 1 heterocycles. The number of carboxylic acid groups (broad SMARTS) is 1. The number of rotatable bonds is 6. The first-order valence-corrected chi connectivity index (χ1v) is 8.52. The molecule has 0 bridgehead atoms. The Kier molecular flexibility index (Phi) is 4.86. The number of aliphatic carboxylic acids is 1. The molecule has 23 heavy (non-hydrogen) atoms. The van der Waals surface area contributed by atoms with Crippen molar-refractivity contribution in [1.29, 1.82) is 0 Å². The lowest BCUT2D eigenvalue weighted by Crippen LogP contribution is -2.44. The van der Waals surface area contributed by atoms with Crippen LogP contribution in [0, 0.1) is 5.92 Å². The van der Waals surface area contributed by atoms with Gasteiger partial charge in [0.05, 0.1) is 4.90 Å². The first-order valence-electron chi connectivity index (χ1n) is 7.03. The van der Waals surface area contributed by atoms with E-state index < -0.39 is 27.7 Å². The smallest absolute Gasteiger partial charge is 0.336 e. The normalized spacial score (nSPS) is 14.5. The van der Waals surface area contributed by atoms with Crippen molar-refractivity contribution < 1.29 is 22.7 Å². The summed E-state index contributed by atoms with van der Waals surface area (Å²) in [4.78, 5) is 22.3. The van der Waals surface area contributed by atoms with Crippen molar-refractivity contribution in [1.82, 2.24) is 4.72 Å². The third-order valence-electron chi connectivity index (χ3n) is 3.66. The molecule has 0 aliphatic carbocycles. The first-order chi connectivity index (χ1) is 10.7. The largest absolute Gasteiger partial charge is 0.480 e. The minimum absolute atomic E-state index is 0.0894. The quantitative estimate of drug-likeness (QED) is 0.772. The van der Waals surface area contributed by atoms with E-state index in [9.17, 15) is 23.1 Å². The third kappa shape index (κ3) is 3.77. The van der Waals surface area contributed by atoms with E-state index in [-0.39, 0.29) is 16.4 Å². The van der Waals surface area contributed by atoms with E-state index in [1.165, 1.54) is 30.3 Å². The predicted octanol–water partition coefficient (Wildman–Crippen LogP) is 1.57. The standard InChI is InChI=1S/C15H17NO6S/c1-3-9(2)14(15(18)19)16-23(20,21)11-5-6-12-10(8-11)4-7-13(17)22-12/h4-9,14,16H,3H2,1-2H3,(H,18,19)/t9-,14-/m0/s1. The van der Waals surface area contributed by atoms with Gasteiger partial charge in [-0.25, -0.2) is 13.2 Å².